The zero-order valence-electron chi connectivity index (χ0n) is 21.3. The molecule has 10 nitrogen and oxygen atoms in total. The SMILES string of the molecule is COc1ccc(S(=O)(=O)Nc2cc(C=Cc3cc(OC)c(OC)c(OC)c3)cc(O)c2OC)cc1OC. The standard InChI is InChI=1S/C26H29NO9S/c1-31-21-10-9-18(15-22(21)32-2)37(29,30)27-19-11-16(12-20(28)25(19)35-5)7-8-17-13-23(33-3)26(36-6)24(14-17)34-4/h7-15,27-28H,1-6H3. The van der Waals surface area contributed by atoms with Gasteiger partial charge < -0.3 is 33.5 Å². The minimum Gasteiger partial charge on any atom is -0.504 e. The molecule has 0 unspecified atom stereocenters. The zero-order valence-corrected chi connectivity index (χ0v) is 22.1. The third-order valence-electron chi connectivity index (χ3n) is 5.36. The summed E-state index contributed by atoms with van der Waals surface area (Å²) in [7, 11) is 4.66. The van der Waals surface area contributed by atoms with E-state index in [9.17, 15) is 13.5 Å². The van der Waals surface area contributed by atoms with E-state index in [2.05, 4.69) is 4.72 Å². The van der Waals surface area contributed by atoms with Crippen LogP contribution in [0, 0.1) is 0 Å². The van der Waals surface area contributed by atoms with E-state index in [1.54, 1.807) is 24.3 Å². The second kappa shape index (κ2) is 11.7. The van der Waals surface area contributed by atoms with E-state index < -0.39 is 10.0 Å². The average molecular weight is 532 g/mol. The van der Waals surface area contributed by atoms with Gasteiger partial charge in [0.15, 0.2) is 34.5 Å². The molecule has 3 rings (SSSR count). The number of methoxy groups -OCH3 is 6. The summed E-state index contributed by atoms with van der Waals surface area (Å²) in [4.78, 5) is -0.0648. The minimum absolute atomic E-state index is 0.0333. The molecule has 3 aromatic rings. The first-order valence-corrected chi connectivity index (χ1v) is 12.3. The molecule has 0 amide bonds. The van der Waals surface area contributed by atoms with Crippen molar-refractivity contribution in [3.8, 4) is 40.2 Å². The first-order chi connectivity index (χ1) is 17.7. The van der Waals surface area contributed by atoms with Crippen molar-refractivity contribution in [1.29, 1.82) is 0 Å². The van der Waals surface area contributed by atoms with Gasteiger partial charge in [-0.1, -0.05) is 12.2 Å². The Balaban J connectivity index is 2.00. The highest BCUT2D eigenvalue weighted by atomic mass is 32.2. The maximum Gasteiger partial charge on any atom is 0.262 e. The Hall–Kier alpha value is -4.25. The van der Waals surface area contributed by atoms with Crippen LogP contribution in [0.25, 0.3) is 12.2 Å². The van der Waals surface area contributed by atoms with Gasteiger partial charge in [0.1, 0.15) is 0 Å². The summed E-state index contributed by atoms with van der Waals surface area (Å²) in [5.41, 5.74) is 1.26. The molecule has 37 heavy (non-hydrogen) atoms. The molecular formula is C26H29NO9S. The third kappa shape index (κ3) is 5.95. The number of ether oxygens (including phenoxy) is 6. The number of nitrogens with one attached hydrogen (secondary N) is 1. The smallest absolute Gasteiger partial charge is 0.262 e. The number of phenolic OH excluding ortho intramolecular Hbond substituents is 1. The summed E-state index contributed by atoms with van der Waals surface area (Å²) >= 11 is 0. The van der Waals surface area contributed by atoms with Crippen LogP contribution in [0.3, 0.4) is 0 Å². The Morgan fingerprint density at radius 2 is 1.19 bits per heavy atom. The second-order valence-corrected chi connectivity index (χ2v) is 9.22. The molecule has 0 saturated carbocycles. The normalized spacial score (nSPS) is 11.2. The number of aromatic hydroxyl groups is 1. The predicted octanol–water partition coefficient (Wildman–Crippen LogP) is 4.42. The van der Waals surface area contributed by atoms with Crippen molar-refractivity contribution in [2.45, 2.75) is 4.90 Å². The Kier molecular flexibility index (Phi) is 8.61. The van der Waals surface area contributed by atoms with Crippen LogP contribution in [0.5, 0.6) is 40.2 Å². The monoisotopic (exact) mass is 531 g/mol. The fourth-order valence-corrected chi connectivity index (χ4v) is 4.67. The summed E-state index contributed by atoms with van der Waals surface area (Å²) in [6.45, 7) is 0. The Bertz CT molecular complexity index is 1380. The molecule has 0 aliphatic rings. The van der Waals surface area contributed by atoms with Gasteiger partial charge in [-0.05, 0) is 47.5 Å². The Labute approximate surface area is 216 Å². The van der Waals surface area contributed by atoms with Gasteiger partial charge in [0.05, 0.1) is 53.2 Å². The van der Waals surface area contributed by atoms with Crippen molar-refractivity contribution in [2.24, 2.45) is 0 Å². The Morgan fingerprint density at radius 1 is 0.649 bits per heavy atom. The van der Waals surface area contributed by atoms with Crippen LogP contribution in [0.2, 0.25) is 0 Å². The largest absolute Gasteiger partial charge is 0.504 e. The van der Waals surface area contributed by atoms with Crippen molar-refractivity contribution in [2.75, 3.05) is 47.4 Å². The van der Waals surface area contributed by atoms with E-state index in [1.165, 1.54) is 73.0 Å². The molecule has 0 atom stereocenters. The van der Waals surface area contributed by atoms with Crippen molar-refractivity contribution >= 4 is 27.9 Å². The molecule has 11 heteroatoms. The van der Waals surface area contributed by atoms with Gasteiger partial charge in [0.2, 0.25) is 5.75 Å². The number of sulfonamides is 1. The van der Waals surface area contributed by atoms with E-state index in [4.69, 9.17) is 28.4 Å². The average Bonchev–Trinajstić information content (AvgIpc) is 2.90. The second-order valence-electron chi connectivity index (χ2n) is 7.54. The van der Waals surface area contributed by atoms with Crippen molar-refractivity contribution in [1.82, 2.24) is 0 Å². The fraction of sp³-hybridized carbons (Fsp3) is 0.231. The van der Waals surface area contributed by atoms with Crippen LogP contribution in [0.15, 0.2) is 47.4 Å². The highest BCUT2D eigenvalue weighted by Crippen LogP contribution is 2.40. The lowest BCUT2D eigenvalue weighted by molar-refractivity contribution is 0.324. The van der Waals surface area contributed by atoms with E-state index >= 15 is 0 Å². The quantitative estimate of drug-likeness (QED) is 0.346. The summed E-state index contributed by atoms with van der Waals surface area (Å²) in [5, 5.41) is 10.5. The molecule has 0 fully saturated rings. The zero-order chi connectivity index (χ0) is 27.2. The molecule has 0 heterocycles. The van der Waals surface area contributed by atoms with Crippen LogP contribution in [0.1, 0.15) is 11.1 Å². The molecule has 0 spiro atoms. The topological polar surface area (TPSA) is 122 Å². The first-order valence-electron chi connectivity index (χ1n) is 10.8. The van der Waals surface area contributed by atoms with Gasteiger partial charge in [0, 0.05) is 6.07 Å². The van der Waals surface area contributed by atoms with Gasteiger partial charge in [0.25, 0.3) is 10.0 Å². The summed E-state index contributed by atoms with van der Waals surface area (Å²) in [5.74, 6) is 1.76. The van der Waals surface area contributed by atoms with E-state index in [1.807, 2.05) is 0 Å². The maximum atomic E-state index is 13.1. The molecule has 0 aromatic heterocycles. The van der Waals surface area contributed by atoms with Crippen LogP contribution >= 0.6 is 0 Å². The summed E-state index contributed by atoms with van der Waals surface area (Å²) in [6.07, 6.45) is 3.44. The predicted molar refractivity (Wildman–Crippen MR) is 140 cm³/mol. The van der Waals surface area contributed by atoms with E-state index in [0.717, 1.165) is 5.56 Å². The highest BCUT2D eigenvalue weighted by molar-refractivity contribution is 7.92. The molecule has 0 radical (unpaired) electrons. The number of benzene rings is 3. The number of hydrogen-bond acceptors (Lipinski definition) is 9. The summed E-state index contributed by atoms with van der Waals surface area (Å²) in [6, 6.07) is 10.7. The molecule has 3 aromatic carbocycles. The Morgan fingerprint density at radius 3 is 1.70 bits per heavy atom. The van der Waals surface area contributed by atoms with Crippen LogP contribution in [-0.2, 0) is 10.0 Å². The van der Waals surface area contributed by atoms with Gasteiger partial charge in [-0.15, -0.1) is 0 Å². The van der Waals surface area contributed by atoms with Crippen molar-refractivity contribution in [3.05, 3.63) is 53.6 Å². The van der Waals surface area contributed by atoms with Crippen LogP contribution in [0.4, 0.5) is 5.69 Å². The molecule has 0 bridgehead atoms. The molecule has 0 saturated heterocycles. The third-order valence-corrected chi connectivity index (χ3v) is 6.72. The highest BCUT2D eigenvalue weighted by Gasteiger charge is 2.21. The van der Waals surface area contributed by atoms with Crippen LogP contribution < -0.4 is 33.1 Å². The molecule has 0 aliphatic heterocycles. The van der Waals surface area contributed by atoms with Gasteiger partial charge in [-0.25, -0.2) is 8.42 Å². The maximum absolute atomic E-state index is 13.1. The van der Waals surface area contributed by atoms with Crippen LogP contribution in [-0.4, -0.2) is 56.2 Å². The minimum atomic E-state index is -4.08. The molecule has 198 valence electrons. The van der Waals surface area contributed by atoms with Crippen molar-refractivity contribution in [3.63, 3.8) is 0 Å². The van der Waals surface area contributed by atoms with Crippen molar-refractivity contribution < 1.29 is 41.9 Å². The lowest BCUT2D eigenvalue weighted by atomic mass is 10.1. The van der Waals surface area contributed by atoms with Gasteiger partial charge in [-0.3, -0.25) is 4.72 Å². The van der Waals surface area contributed by atoms with Gasteiger partial charge in [-0.2, -0.15) is 0 Å². The number of phenols is 1. The number of rotatable bonds is 11. The van der Waals surface area contributed by atoms with E-state index in [-0.39, 0.29) is 27.8 Å². The molecular weight excluding hydrogens is 502 g/mol. The van der Waals surface area contributed by atoms with Gasteiger partial charge >= 0.3 is 0 Å². The summed E-state index contributed by atoms with van der Waals surface area (Å²) < 4.78 is 60.5. The molecule has 0 aliphatic carbocycles. The lowest BCUT2D eigenvalue weighted by Crippen LogP contribution is -2.14. The van der Waals surface area contributed by atoms with E-state index in [0.29, 0.717) is 28.6 Å². The number of hydrogen-bond donors (Lipinski definition) is 2. The number of anilines is 1. The first kappa shape index (κ1) is 27.3. The lowest BCUT2D eigenvalue weighted by Gasteiger charge is -2.15. The molecule has 2 N–H and O–H groups in total. The fourth-order valence-electron chi connectivity index (χ4n) is 3.60.